The Hall–Kier alpha value is -3.48. The van der Waals surface area contributed by atoms with Gasteiger partial charge in [-0.1, -0.05) is 17.3 Å². The van der Waals surface area contributed by atoms with Crippen LogP contribution in [0.1, 0.15) is 22.3 Å². The molecule has 3 rings (SSSR count). The predicted octanol–water partition coefficient (Wildman–Crippen LogP) is 2.88. The highest BCUT2D eigenvalue weighted by atomic mass is 16.4. The standard InChI is InChI=1S/C21H21N3O4/c1-11-5-7-15(9-13(11)3)22-19(25)17-18(23-28)21(27)24(20(17)26)16-8-6-12(2)14(4)10-16/h5-10,17,28H,1-4H3,(H,22,25)/b23-18+. The van der Waals surface area contributed by atoms with E-state index in [9.17, 15) is 19.6 Å². The summed E-state index contributed by atoms with van der Waals surface area (Å²) in [4.78, 5) is 39.1. The summed E-state index contributed by atoms with van der Waals surface area (Å²) in [5.74, 6) is -3.79. The van der Waals surface area contributed by atoms with E-state index in [0.717, 1.165) is 27.2 Å². The van der Waals surface area contributed by atoms with Crippen molar-refractivity contribution < 1.29 is 19.6 Å². The first-order chi connectivity index (χ1) is 13.2. The summed E-state index contributed by atoms with van der Waals surface area (Å²) in [5.41, 5.74) is 4.26. The highest BCUT2D eigenvalue weighted by molar-refractivity contribution is 6.61. The van der Waals surface area contributed by atoms with Gasteiger partial charge in [0, 0.05) is 5.69 Å². The molecule has 0 aromatic heterocycles. The van der Waals surface area contributed by atoms with Gasteiger partial charge in [0.05, 0.1) is 5.69 Å². The van der Waals surface area contributed by atoms with Gasteiger partial charge in [-0.2, -0.15) is 0 Å². The molecule has 1 heterocycles. The number of benzene rings is 2. The number of hydrogen-bond acceptors (Lipinski definition) is 5. The molecule has 1 atom stereocenters. The fourth-order valence-electron chi connectivity index (χ4n) is 3.06. The van der Waals surface area contributed by atoms with Gasteiger partial charge in [-0.15, -0.1) is 0 Å². The number of aryl methyl sites for hydroxylation is 4. The molecule has 28 heavy (non-hydrogen) atoms. The molecular formula is C21H21N3O4. The molecule has 7 nitrogen and oxygen atoms in total. The van der Waals surface area contributed by atoms with E-state index in [0.29, 0.717) is 11.4 Å². The summed E-state index contributed by atoms with van der Waals surface area (Å²) >= 11 is 0. The summed E-state index contributed by atoms with van der Waals surface area (Å²) in [7, 11) is 0. The number of amides is 3. The van der Waals surface area contributed by atoms with Crippen molar-refractivity contribution in [1.82, 2.24) is 0 Å². The lowest BCUT2D eigenvalue weighted by atomic mass is 10.0. The van der Waals surface area contributed by atoms with Gasteiger partial charge in [-0.25, -0.2) is 4.90 Å². The van der Waals surface area contributed by atoms with Gasteiger partial charge < -0.3 is 10.5 Å². The molecule has 0 aliphatic carbocycles. The average Bonchev–Trinajstić information content (AvgIpc) is 2.90. The van der Waals surface area contributed by atoms with Gasteiger partial charge in [-0.3, -0.25) is 14.4 Å². The lowest BCUT2D eigenvalue weighted by Crippen LogP contribution is -2.34. The number of nitrogens with zero attached hydrogens (tertiary/aromatic N) is 2. The zero-order valence-electron chi connectivity index (χ0n) is 16.1. The highest BCUT2D eigenvalue weighted by Gasteiger charge is 2.50. The van der Waals surface area contributed by atoms with Crippen molar-refractivity contribution in [2.75, 3.05) is 10.2 Å². The van der Waals surface area contributed by atoms with Crippen LogP contribution in [0, 0.1) is 33.6 Å². The van der Waals surface area contributed by atoms with E-state index in [4.69, 9.17) is 0 Å². The van der Waals surface area contributed by atoms with E-state index in [1.165, 1.54) is 0 Å². The van der Waals surface area contributed by atoms with E-state index < -0.39 is 29.4 Å². The molecule has 144 valence electrons. The molecule has 7 heteroatoms. The molecule has 1 aliphatic heterocycles. The first-order valence-corrected chi connectivity index (χ1v) is 8.80. The zero-order valence-corrected chi connectivity index (χ0v) is 16.1. The summed E-state index contributed by atoms with van der Waals surface area (Å²) in [6.45, 7) is 7.61. The van der Waals surface area contributed by atoms with Gasteiger partial charge in [0.1, 0.15) is 0 Å². The number of anilines is 2. The van der Waals surface area contributed by atoms with E-state index in [-0.39, 0.29) is 0 Å². The lowest BCUT2D eigenvalue weighted by molar-refractivity contribution is -0.127. The largest absolute Gasteiger partial charge is 0.410 e. The smallest absolute Gasteiger partial charge is 0.284 e. The molecule has 0 radical (unpaired) electrons. The van der Waals surface area contributed by atoms with Gasteiger partial charge in [0.2, 0.25) is 5.91 Å². The first kappa shape index (κ1) is 19.3. The minimum absolute atomic E-state index is 0.334. The van der Waals surface area contributed by atoms with Crippen LogP contribution in [-0.2, 0) is 14.4 Å². The second-order valence-corrected chi connectivity index (χ2v) is 6.95. The molecule has 2 aromatic rings. The van der Waals surface area contributed by atoms with Crippen molar-refractivity contribution in [3.05, 3.63) is 58.7 Å². The third kappa shape index (κ3) is 3.26. The molecule has 2 aromatic carbocycles. The fraction of sp³-hybridized carbons (Fsp3) is 0.238. The number of oxime groups is 1. The molecule has 0 bridgehead atoms. The van der Waals surface area contributed by atoms with Crippen LogP contribution in [0.3, 0.4) is 0 Å². The van der Waals surface area contributed by atoms with Crippen LogP contribution in [0.5, 0.6) is 0 Å². The number of hydrogen-bond donors (Lipinski definition) is 2. The van der Waals surface area contributed by atoms with Crippen LogP contribution < -0.4 is 10.2 Å². The topological polar surface area (TPSA) is 99.1 Å². The Morgan fingerprint density at radius 3 is 2.14 bits per heavy atom. The Bertz CT molecular complexity index is 1030. The molecule has 1 unspecified atom stereocenters. The molecule has 3 amide bonds. The Labute approximate surface area is 162 Å². The van der Waals surface area contributed by atoms with Crippen molar-refractivity contribution in [2.45, 2.75) is 27.7 Å². The van der Waals surface area contributed by atoms with Crippen molar-refractivity contribution in [1.29, 1.82) is 0 Å². The minimum Gasteiger partial charge on any atom is -0.410 e. The Morgan fingerprint density at radius 1 is 0.964 bits per heavy atom. The maximum atomic E-state index is 12.9. The highest BCUT2D eigenvalue weighted by Crippen LogP contribution is 2.28. The quantitative estimate of drug-likeness (QED) is 0.371. The number of imide groups is 1. The number of carbonyl (C=O) groups excluding carboxylic acids is 3. The van der Waals surface area contributed by atoms with E-state index in [1.54, 1.807) is 30.3 Å². The van der Waals surface area contributed by atoms with Crippen LogP contribution in [0.15, 0.2) is 41.6 Å². The number of nitrogens with one attached hydrogen (secondary N) is 1. The monoisotopic (exact) mass is 379 g/mol. The molecule has 1 fully saturated rings. The van der Waals surface area contributed by atoms with Crippen molar-refractivity contribution in [3.8, 4) is 0 Å². The van der Waals surface area contributed by atoms with E-state index >= 15 is 0 Å². The first-order valence-electron chi connectivity index (χ1n) is 8.80. The van der Waals surface area contributed by atoms with Crippen molar-refractivity contribution >= 4 is 34.8 Å². The second-order valence-electron chi connectivity index (χ2n) is 6.95. The van der Waals surface area contributed by atoms with Gasteiger partial charge in [0.15, 0.2) is 11.6 Å². The zero-order chi connectivity index (χ0) is 20.6. The SMILES string of the molecule is Cc1ccc(NC(=O)C2C(=O)N(c3ccc(C)c(C)c3)C(=O)/C2=N/O)cc1C. The molecule has 1 saturated heterocycles. The summed E-state index contributed by atoms with van der Waals surface area (Å²) < 4.78 is 0. The van der Waals surface area contributed by atoms with Crippen LogP contribution >= 0.6 is 0 Å². The normalized spacial score (nSPS) is 18.1. The third-order valence-electron chi connectivity index (χ3n) is 5.06. The average molecular weight is 379 g/mol. The van der Waals surface area contributed by atoms with Gasteiger partial charge in [0.25, 0.3) is 11.8 Å². The van der Waals surface area contributed by atoms with E-state index in [2.05, 4.69) is 10.5 Å². The van der Waals surface area contributed by atoms with Crippen LogP contribution in [-0.4, -0.2) is 28.6 Å². The third-order valence-corrected chi connectivity index (χ3v) is 5.06. The van der Waals surface area contributed by atoms with Crippen LogP contribution in [0.4, 0.5) is 11.4 Å². The molecule has 1 aliphatic rings. The molecule has 0 saturated carbocycles. The van der Waals surface area contributed by atoms with E-state index in [1.807, 2.05) is 33.8 Å². The van der Waals surface area contributed by atoms with Gasteiger partial charge in [-0.05, 0) is 74.2 Å². The predicted molar refractivity (Wildman–Crippen MR) is 106 cm³/mol. The number of carbonyl (C=O) groups is 3. The maximum absolute atomic E-state index is 12.9. The molecular weight excluding hydrogens is 358 g/mol. The number of rotatable bonds is 3. The summed E-state index contributed by atoms with van der Waals surface area (Å²) in [6.07, 6.45) is 0. The van der Waals surface area contributed by atoms with Crippen LogP contribution in [0.25, 0.3) is 0 Å². The second kappa shape index (κ2) is 7.26. The summed E-state index contributed by atoms with van der Waals surface area (Å²) in [6, 6.07) is 10.4. The molecule has 0 spiro atoms. The molecule has 2 N–H and O–H groups in total. The van der Waals surface area contributed by atoms with Gasteiger partial charge >= 0.3 is 0 Å². The lowest BCUT2D eigenvalue weighted by Gasteiger charge is -2.15. The Kier molecular flexibility index (Phi) is 5.00. The maximum Gasteiger partial charge on any atom is 0.284 e. The van der Waals surface area contributed by atoms with Crippen molar-refractivity contribution in [3.63, 3.8) is 0 Å². The minimum atomic E-state index is -1.51. The fourth-order valence-corrected chi connectivity index (χ4v) is 3.06. The van der Waals surface area contributed by atoms with Crippen molar-refractivity contribution in [2.24, 2.45) is 11.1 Å². The Balaban J connectivity index is 1.93. The summed E-state index contributed by atoms with van der Waals surface area (Å²) in [5, 5.41) is 14.9. The van der Waals surface area contributed by atoms with Crippen LogP contribution in [0.2, 0.25) is 0 Å². The Morgan fingerprint density at radius 2 is 1.57 bits per heavy atom.